The Labute approximate surface area is 110 Å². The summed E-state index contributed by atoms with van der Waals surface area (Å²) < 4.78 is 37.8. The van der Waals surface area contributed by atoms with Crippen molar-refractivity contribution in [2.24, 2.45) is 16.8 Å². The summed E-state index contributed by atoms with van der Waals surface area (Å²) in [4.78, 5) is 3.84. The van der Waals surface area contributed by atoms with Gasteiger partial charge in [0, 0.05) is 11.9 Å². The lowest BCUT2D eigenvalue weighted by Crippen LogP contribution is -2.37. The number of halogens is 4. The van der Waals surface area contributed by atoms with Crippen molar-refractivity contribution in [2.45, 2.75) is 11.2 Å². The largest absolute Gasteiger partial charge is 0.409 e. The van der Waals surface area contributed by atoms with E-state index in [2.05, 4.69) is 10.1 Å². The molecule has 1 unspecified atom stereocenters. The van der Waals surface area contributed by atoms with Crippen LogP contribution in [0.5, 0.6) is 0 Å². The lowest BCUT2D eigenvalue weighted by Gasteiger charge is -2.17. The molecule has 0 aliphatic heterocycles. The summed E-state index contributed by atoms with van der Waals surface area (Å²) in [7, 11) is 0. The average Bonchev–Trinajstić information content (AvgIpc) is 2.29. The Morgan fingerprint density at radius 2 is 2.22 bits per heavy atom. The first-order chi connectivity index (χ1) is 8.34. The molecule has 0 aromatic carbocycles. The molecule has 18 heavy (non-hydrogen) atoms. The molecule has 100 valence electrons. The van der Waals surface area contributed by atoms with Gasteiger partial charge in [0.1, 0.15) is 5.92 Å². The van der Waals surface area contributed by atoms with Gasteiger partial charge < -0.3 is 10.9 Å². The van der Waals surface area contributed by atoms with E-state index in [1.165, 1.54) is 18.3 Å². The van der Waals surface area contributed by atoms with Crippen LogP contribution < -0.4 is 5.73 Å². The van der Waals surface area contributed by atoms with Crippen molar-refractivity contribution in [1.29, 1.82) is 0 Å². The molecule has 1 heterocycles. The molecule has 0 amide bonds. The summed E-state index contributed by atoms with van der Waals surface area (Å²) in [5.41, 5.74) is 5.02. The van der Waals surface area contributed by atoms with Gasteiger partial charge in [-0.1, -0.05) is 16.8 Å². The van der Waals surface area contributed by atoms with Gasteiger partial charge in [0.15, 0.2) is 5.84 Å². The number of hydrogen-bond acceptors (Lipinski definition) is 4. The van der Waals surface area contributed by atoms with Gasteiger partial charge in [0.25, 0.3) is 0 Å². The molecule has 9 heteroatoms. The first kappa shape index (κ1) is 14.9. The maximum atomic E-state index is 12.6. The molecule has 1 atom stereocenters. The molecule has 1 aromatic heterocycles. The van der Waals surface area contributed by atoms with Crippen molar-refractivity contribution in [1.82, 2.24) is 4.98 Å². The summed E-state index contributed by atoms with van der Waals surface area (Å²) in [6.45, 7) is 0. The molecule has 4 nitrogen and oxygen atoms in total. The maximum Gasteiger partial charge on any atom is 0.399 e. The number of rotatable bonds is 4. The van der Waals surface area contributed by atoms with Crippen LogP contribution in [0.4, 0.5) is 13.2 Å². The van der Waals surface area contributed by atoms with Gasteiger partial charge in [-0.15, -0.1) is 11.8 Å². The Balaban J connectivity index is 2.71. The first-order valence-corrected chi connectivity index (χ1v) is 5.99. The second-order valence-electron chi connectivity index (χ2n) is 3.24. The highest BCUT2D eigenvalue weighted by Gasteiger charge is 2.42. The van der Waals surface area contributed by atoms with E-state index in [4.69, 9.17) is 22.5 Å². The van der Waals surface area contributed by atoms with Crippen LogP contribution in [0.25, 0.3) is 0 Å². The number of amidine groups is 1. The molecular weight excluding hydrogens is 291 g/mol. The fraction of sp³-hybridized carbons (Fsp3) is 0.333. The molecule has 0 bridgehead atoms. The maximum absolute atomic E-state index is 12.6. The highest BCUT2D eigenvalue weighted by molar-refractivity contribution is 7.99. The molecule has 0 aliphatic carbocycles. The van der Waals surface area contributed by atoms with Crippen molar-refractivity contribution in [3.05, 3.63) is 23.4 Å². The Hall–Kier alpha value is -1.15. The smallest absolute Gasteiger partial charge is 0.399 e. The van der Waals surface area contributed by atoms with Crippen LogP contribution in [-0.2, 0) is 0 Å². The van der Waals surface area contributed by atoms with Crippen LogP contribution >= 0.6 is 23.4 Å². The van der Waals surface area contributed by atoms with Crippen LogP contribution in [0.15, 0.2) is 28.5 Å². The Kier molecular flexibility index (Phi) is 5.09. The predicted molar refractivity (Wildman–Crippen MR) is 62.9 cm³/mol. The van der Waals surface area contributed by atoms with E-state index in [-0.39, 0.29) is 0 Å². The highest BCUT2D eigenvalue weighted by atomic mass is 35.5. The van der Waals surface area contributed by atoms with E-state index < -0.39 is 23.7 Å². The van der Waals surface area contributed by atoms with Crippen LogP contribution in [0, 0.1) is 5.92 Å². The van der Waals surface area contributed by atoms with Crippen LogP contribution in [0.1, 0.15) is 0 Å². The number of pyridine rings is 1. The fourth-order valence-corrected chi connectivity index (χ4v) is 2.13. The summed E-state index contributed by atoms with van der Waals surface area (Å²) >= 11 is 6.44. The molecule has 1 rings (SSSR count). The second kappa shape index (κ2) is 6.14. The number of nitrogens with two attached hydrogens (primary N) is 1. The average molecular weight is 300 g/mol. The highest BCUT2D eigenvalue weighted by Crippen LogP contribution is 2.31. The lowest BCUT2D eigenvalue weighted by molar-refractivity contribution is -0.150. The van der Waals surface area contributed by atoms with E-state index in [0.717, 1.165) is 11.8 Å². The Bertz CT molecular complexity index is 424. The minimum Gasteiger partial charge on any atom is -0.409 e. The second-order valence-corrected chi connectivity index (χ2v) is 4.72. The van der Waals surface area contributed by atoms with Crippen LogP contribution in [0.3, 0.4) is 0 Å². The normalized spacial score (nSPS) is 14.6. The topological polar surface area (TPSA) is 71.5 Å². The molecule has 1 aromatic rings. The van der Waals surface area contributed by atoms with E-state index in [0.29, 0.717) is 10.0 Å². The Morgan fingerprint density at radius 1 is 1.56 bits per heavy atom. The summed E-state index contributed by atoms with van der Waals surface area (Å²) in [6, 6.07) is 3.01. The van der Waals surface area contributed by atoms with Gasteiger partial charge in [0.05, 0.1) is 10.0 Å². The SMILES string of the molecule is N/C(=N/O)C(CSc1ccc(Cl)cn1)C(F)(F)F. The van der Waals surface area contributed by atoms with Crippen LogP contribution in [0.2, 0.25) is 5.02 Å². The lowest BCUT2D eigenvalue weighted by atomic mass is 10.1. The minimum atomic E-state index is -4.57. The first-order valence-electron chi connectivity index (χ1n) is 4.63. The number of alkyl halides is 3. The number of thioether (sulfide) groups is 1. The van der Waals surface area contributed by atoms with Crippen molar-refractivity contribution >= 4 is 29.2 Å². The molecule has 0 fully saturated rings. The van der Waals surface area contributed by atoms with Crippen molar-refractivity contribution in [3.63, 3.8) is 0 Å². The molecule has 0 saturated carbocycles. The van der Waals surface area contributed by atoms with Gasteiger partial charge in [-0.25, -0.2) is 4.98 Å². The predicted octanol–water partition coefficient (Wildman–Crippen LogP) is 2.75. The zero-order valence-corrected chi connectivity index (χ0v) is 10.4. The van der Waals surface area contributed by atoms with Crippen molar-refractivity contribution in [2.75, 3.05) is 5.75 Å². The van der Waals surface area contributed by atoms with Gasteiger partial charge in [-0.3, -0.25) is 0 Å². The quantitative estimate of drug-likeness (QED) is 0.295. The van der Waals surface area contributed by atoms with Gasteiger partial charge in [-0.05, 0) is 12.1 Å². The third kappa shape index (κ3) is 4.26. The number of nitrogens with zero attached hydrogens (tertiary/aromatic N) is 2. The van der Waals surface area contributed by atoms with E-state index in [1.54, 1.807) is 0 Å². The van der Waals surface area contributed by atoms with E-state index in [1.807, 2.05) is 0 Å². The summed E-state index contributed by atoms with van der Waals surface area (Å²) in [6.07, 6.45) is -3.24. The Morgan fingerprint density at radius 3 is 2.67 bits per heavy atom. The van der Waals surface area contributed by atoms with Gasteiger partial charge in [-0.2, -0.15) is 13.2 Å². The third-order valence-corrected chi connectivity index (χ3v) is 3.23. The fourth-order valence-electron chi connectivity index (χ4n) is 1.03. The zero-order chi connectivity index (χ0) is 13.8. The standard InChI is InChI=1S/C9H9ClF3N3OS/c10-5-1-2-7(15-3-5)18-4-6(8(14)16-17)9(11,12)13/h1-3,6,17H,4H2,(H2,14,16). The van der Waals surface area contributed by atoms with Crippen LogP contribution in [-0.4, -0.2) is 28.0 Å². The molecule has 0 saturated heterocycles. The van der Waals surface area contributed by atoms with E-state index in [9.17, 15) is 13.2 Å². The third-order valence-electron chi connectivity index (χ3n) is 1.97. The number of oxime groups is 1. The molecular formula is C9H9ClF3N3OS. The molecule has 0 spiro atoms. The zero-order valence-electron chi connectivity index (χ0n) is 8.86. The van der Waals surface area contributed by atoms with Gasteiger partial charge in [0.2, 0.25) is 0 Å². The number of aromatic nitrogens is 1. The van der Waals surface area contributed by atoms with Crippen molar-refractivity contribution < 1.29 is 18.4 Å². The number of hydrogen-bond donors (Lipinski definition) is 2. The monoisotopic (exact) mass is 299 g/mol. The molecule has 0 radical (unpaired) electrons. The summed E-state index contributed by atoms with van der Waals surface area (Å²) in [5.74, 6) is -3.32. The van der Waals surface area contributed by atoms with E-state index >= 15 is 0 Å². The molecule has 3 N–H and O–H groups in total. The van der Waals surface area contributed by atoms with Gasteiger partial charge >= 0.3 is 6.18 Å². The molecule has 0 aliphatic rings. The minimum absolute atomic E-state index is 0.374. The van der Waals surface area contributed by atoms with Crippen molar-refractivity contribution in [3.8, 4) is 0 Å². The summed E-state index contributed by atoms with van der Waals surface area (Å²) in [5, 5.41) is 11.5.